The minimum atomic E-state index is -2.48. The van der Waals surface area contributed by atoms with Crippen LogP contribution in [0, 0.1) is 0 Å². The Morgan fingerprint density at radius 1 is 1.30 bits per heavy atom. The molecule has 0 atom stereocenters. The smallest absolute Gasteiger partial charge is 0.348 e. The van der Waals surface area contributed by atoms with E-state index in [1.54, 1.807) is 0 Å². The van der Waals surface area contributed by atoms with E-state index < -0.39 is 14.5 Å². The molecule has 0 radical (unpaired) electrons. The molecular formula is C4H14N4OSi. The largest absolute Gasteiger partial charge is 0.360 e. The third-order valence-electron chi connectivity index (χ3n) is 1.52. The first-order valence-electron chi connectivity index (χ1n) is 3.27. The number of nitrogens with two attached hydrogens (primary N) is 4. The average Bonchev–Trinajstić information content (AvgIpc) is 1.56. The lowest BCUT2D eigenvalue weighted by atomic mass is 10.2. The van der Waals surface area contributed by atoms with Gasteiger partial charge in [-0.25, -0.2) is 0 Å². The van der Waals surface area contributed by atoms with Crippen LogP contribution in [0.15, 0.2) is 0 Å². The molecule has 0 spiro atoms. The maximum atomic E-state index is 5.59. The van der Waals surface area contributed by atoms with Crippen LogP contribution in [0.3, 0.4) is 0 Å². The molecule has 0 aromatic carbocycles. The lowest BCUT2D eigenvalue weighted by molar-refractivity contribution is 0.0435. The van der Waals surface area contributed by atoms with Gasteiger partial charge in [-0.2, -0.15) is 0 Å². The van der Waals surface area contributed by atoms with Crippen LogP contribution in [-0.4, -0.2) is 14.5 Å². The summed E-state index contributed by atoms with van der Waals surface area (Å²) in [7, 11) is -2.48. The summed E-state index contributed by atoms with van der Waals surface area (Å²) in [4.78, 5) is 0. The van der Waals surface area contributed by atoms with Crippen LogP contribution in [0.25, 0.3) is 0 Å². The van der Waals surface area contributed by atoms with Gasteiger partial charge in [-0.05, 0) is 12.5 Å². The molecule has 8 N–H and O–H groups in total. The highest BCUT2D eigenvalue weighted by Crippen LogP contribution is 2.19. The molecule has 0 unspecified atom stereocenters. The molecule has 1 saturated heterocycles. The third kappa shape index (κ3) is 2.01. The second-order valence-corrected chi connectivity index (χ2v) is 5.48. The van der Waals surface area contributed by atoms with E-state index in [4.69, 9.17) is 26.7 Å². The summed E-state index contributed by atoms with van der Waals surface area (Å²) in [5.41, 5.74) is 11.0. The minimum Gasteiger partial charge on any atom is -0.360 e. The van der Waals surface area contributed by atoms with Crippen molar-refractivity contribution in [3.05, 3.63) is 0 Å². The number of hydrogen-bond acceptors (Lipinski definition) is 5. The van der Waals surface area contributed by atoms with Crippen LogP contribution in [0.1, 0.15) is 12.8 Å². The standard InChI is InChI=1S/C4H14N4OSi/c5-4(6)2-1-3-10(7,8)9-4/h1-3,5-8H2. The first-order valence-corrected chi connectivity index (χ1v) is 5.54. The fourth-order valence-electron chi connectivity index (χ4n) is 1.10. The normalized spacial score (nSPS) is 30.0. The fourth-order valence-corrected chi connectivity index (χ4v) is 2.74. The maximum absolute atomic E-state index is 5.59. The van der Waals surface area contributed by atoms with Gasteiger partial charge in [-0.3, -0.25) is 11.5 Å². The van der Waals surface area contributed by atoms with Crippen LogP contribution in [0.4, 0.5) is 0 Å². The second kappa shape index (κ2) is 2.26. The fraction of sp³-hybridized carbons (Fsp3) is 1.00. The van der Waals surface area contributed by atoms with Crippen LogP contribution >= 0.6 is 0 Å². The first kappa shape index (κ1) is 8.12. The van der Waals surface area contributed by atoms with E-state index >= 15 is 0 Å². The summed E-state index contributed by atoms with van der Waals surface area (Å²) in [6.45, 7) is 0. The van der Waals surface area contributed by atoms with Crippen molar-refractivity contribution in [2.75, 3.05) is 0 Å². The molecule has 0 aromatic heterocycles. The van der Waals surface area contributed by atoms with Crippen molar-refractivity contribution in [1.29, 1.82) is 0 Å². The summed E-state index contributed by atoms with van der Waals surface area (Å²) >= 11 is 0. The van der Waals surface area contributed by atoms with Crippen molar-refractivity contribution in [3.8, 4) is 0 Å². The van der Waals surface area contributed by atoms with Gasteiger partial charge >= 0.3 is 8.64 Å². The van der Waals surface area contributed by atoms with Gasteiger partial charge in [-0.15, -0.1) is 0 Å². The van der Waals surface area contributed by atoms with Gasteiger partial charge in [0.2, 0.25) is 0 Å². The van der Waals surface area contributed by atoms with Crippen molar-refractivity contribution < 1.29 is 4.43 Å². The molecule has 0 amide bonds. The van der Waals surface area contributed by atoms with E-state index in [0.717, 1.165) is 12.5 Å². The molecule has 0 saturated carbocycles. The van der Waals surface area contributed by atoms with E-state index in [1.807, 2.05) is 0 Å². The molecule has 5 nitrogen and oxygen atoms in total. The summed E-state index contributed by atoms with van der Waals surface area (Å²) in [6, 6.07) is 0.739. The quantitative estimate of drug-likeness (QED) is 0.248. The molecule has 1 fully saturated rings. The van der Waals surface area contributed by atoms with Gasteiger partial charge in [0.15, 0.2) is 5.85 Å². The Kier molecular flexibility index (Phi) is 1.83. The Labute approximate surface area is 61.0 Å². The Morgan fingerprint density at radius 2 is 1.90 bits per heavy atom. The summed E-state index contributed by atoms with van der Waals surface area (Å²) in [5.74, 6) is -1.08. The number of hydrogen-bond donors (Lipinski definition) is 4. The lowest BCUT2D eigenvalue weighted by Crippen LogP contribution is -2.70. The minimum absolute atomic E-state index is 0.635. The van der Waals surface area contributed by atoms with Gasteiger partial charge in [0.25, 0.3) is 0 Å². The van der Waals surface area contributed by atoms with Crippen molar-refractivity contribution in [2.45, 2.75) is 24.7 Å². The van der Waals surface area contributed by atoms with Crippen LogP contribution < -0.4 is 22.3 Å². The molecule has 60 valence electrons. The van der Waals surface area contributed by atoms with E-state index in [1.165, 1.54) is 0 Å². The highest BCUT2D eigenvalue weighted by molar-refractivity contribution is 6.67. The topological polar surface area (TPSA) is 113 Å². The Morgan fingerprint density at radius 3 is 2.20 bits per heavy atom. The highest BCUT2D eigenvalue weighted by Gasteiger charge is 2.39. The Balaban J connectivity index is 2.56. The summed E-state index contributed by atoms with van der Waals surface area (Å²) < 4.78 is 5.11. The molecule has 0 aliphatic carbocycles. The van der Waals surface area contributed by atoms with Gasteiger partial charge in [0.1, 0.15) is 0 Å². The lowest BCUT2D eigenvalue weighted by Gasteiger charge is -2.37. The first-order chi connectivity index (χ1) is 4.41. The molecule has 1 aliphatic heterocycles. The van der Waals surface area contributed by atoms with Crippen molar-refractivity contribution in [1.82, 2.24) is 0 Å². The molecule has 0 aromatic rings. The van der Waals surface area contributed by atoms with E-state index in [2.05, 4.69) is 0 Å². The zero-order valence-corrected chi connectivity index (χ0v) is 6.84. The van der Waals surface area contributed by atoms with E-state index in [0.29, 0.717) is 6.42 Å². The molecule has 1 rings (SSSR count). The SMILES string of the molecule is NC1(N)CCC[Si](N)(N)O1. The Bertz CT molecular complexity index is 123. The zero-order valence-electron chi connectivity index (χ0n) is 5.84. The van der Waals surface area contributed by atoms with Crippen LogP contribution in [0.5, 0.6) is 0 Å². The van der Waals surface area contributed by atoms with Gasteiger partial charge in [0.05, 0.1) is 0 Å². The van der Waals surface area contributed by atoms with Crippen molar-refractivity contribution in [2.24, 2.45) is 22.3 Å². The van der Waals surface area contributed by atoms with E-state index in [9.17, 15) is 0 Å². The number of rotatable bonds is 0. The van der Waals surface area contributed by atoms with Crippen LogP contribution in [0.2, 0.25) is 6.04 Å². The maximum Gasteiger partial charge on any atom is 0.348 e. The van der Waals surface area contributed by atoms with Crippen LogP contribution in [-0.2, 0) is 4.43 Å². The monoisotopic (exact) mass is 162 g/mol. The molecular weight excluding hydrogens is 148 g/mol. The van der Waals surface area contributed by atoms with Crippen molar-refractivity contribution >= 4 is 8.64 Å². The summed E-state index contributed by atoms with van der Waals surface area (Å²) in [5, 5.41) is 11.2. The van der Waals surface area contributed by atoms with E-state index in [-0.39, 0.29) is 0 Å². The molecule has 10 heavy (non-hydrogen) atoms. The Hall–Kier alpha value is 0.0169. The predicted molar refractivity (Wildman–Crippen MR) is 40.4 cm³/mol. The second-order valence-electron chi connectivity index (χ2n) is 2.87. The van der Waals surface area contributed by atoms with Gasteiger partial charge in [0, 0.05) is 6.42 Å². The zero-order chi connectivity index (χ0) is 7.83. The molecule has 6 heteroatoms. The van der Waals surface area contributed by atoms with Gasteiger partial charge in [-0.1, -0.05) is 0 Å². The highest BCUT2D eigenvalue weighted by atomic mass is 28.4. The van der Waals surface area contributed by atoms with Crippen molar-refractivity contribution in [3.63, 3.8) is 0 Å². The molecule has 1 aliphatic rings. The average molecular weight is 162 g/mol. The molecule has 1 heterocycles. The molecule has 0 bridgehead atoms. The predicted octanol–water partition coefficient (Wildman–Crippen LogP) is -1.78. The van der Waals surface area contributed by atoms with Gasteiger partial charge < -0.3 is 15.2 Å². The summed E-state index contributed by atoms with van der Waals surface area (Å²) in [6.07, 6.45) is 1.50. The third-order valence-corrected chi connectivity index (χ3v) is 3.41.